The molecule has 2 heterocycles. The van der Waals surface area contributed by atoms with Crippen molar-refractivity contribution in [3.63, 3.8) is 0 Å². The number of halogens is 1. The zero-order valence-corrected chi connectivity index (χ0v) is 12.8. The van der Waals surface area contributed by atoms with Crippen LogP contribution in [0.4, 0.5) is 0 Å². The molecular weight excluding hydrogens is 276 g/mol. The molecule has 1 N–H and O–H groups in total. The van der Waals surface area contributed by atoms with Crippen molar-refractivity contribution in [2.24, 2.45) is 0 Å². The van der Waals surface area contributed by atoms with E-state index in [0.717, 1.165) is 31.4 Å². The first-order chi connectivity index (χ1) is 9.47. The summed E-state index contributed by atoms with van der Waals surface area (Å²) in [5.41, 5.74) is 0.702. The number of hydrogen-bond acceptors (Lipinski definition) is 3. The summed E-state index contributed by atoms with van der Waals surface area (Å²) in [5, 5.41) is 10.5. The van der Waals surface area contributed by atoms with Crippen LogP contribution in [0, 0.1) is 0 Å². The molecule has 2 rings (SSSR count). The largest absolute Gasteiger partial charge is 0.386 e. The van der Waals surface area contributed by atoms with E-state index in [-0.39, 0.29) is 5.91 Å². The fraction of sp³-hybridized carbons (Fsp3) is 0.600. The number of aromatic nitrogens is 1. The molecule has 0 aromatic carbocycles. The van der Waals surface area contributed by atoms with Crippen LogP contribution in [0.5, 0.6) is 0 Å². The number of nitrogens with zero attached hydrogens (tertiary/aromatic N) is 2. The number of β-amino-alcohol motifs (C(OH)–C–C–N with tert-alkyl or cyclic N) is 1. The standard InChI is InChI=1S/C15H21ClN2O2/c1-3-5-12-7-11(8-13(16)17-12)14(19)18-9-15(20,10-18)6-4-2/h7-8,20H,3-6,9-10H2,1-2H3. The Bertz CT molecular complexity index is 499. The van der Waals surface area contributed by atoms with E-state index >= 15 is 0 Å². The van der Waals surface area contributed by atoms with Crippen molar-refractivity contribution in [1.29, 1.82) is 0 Å². The zero-order valence-electron chi connectivity index (χ0n) is 12.0. The van der Waals surface area contributed by atoms with Gasteiger partial charge in [0.05, 0.1) is 18.7 Å². The Labute approximate surface area is 124 Å². The van der Waals surface area contributed by atoms with Crippen LogP contribution in [-0.2, 0) is 6.42 Å². The minimum atomic E-state index is -0.701. The van der Waals surface area contributed by atoms with Gasteiger partial charge in [-0.05, 0) is 25.0 Å². The molecule has 0 saturated carbocycles. The lowest BCUT2D eigenvalue weighted by Crippen LogP contribution is -2.63. The highest BCUT2D eigenvalue weighted by Crippen LogP contribution is 2.27. The monoisotopic (exact) mass is 296 g/mol. The van der Waals surface area contributed by atoms with Crippen LogP contribution in [-0.4, -0.2) is 39.6 Å². The number of carbonyl (C=O) groups is 1. The van der Waals surface area contributed by atoms with Gasteiger partial charge in [0.15, 0.2) is 0 Å². The number of carbonyl (C=O) groups excluding carboxylic acids is 1. The number of aryl methyl sites for hydroxylation is 1. The summed E-state index contributed by atoms with van der Waals surface area (Å²) < 4.78 is 0. The van der Waals surface area contributed by atoms with Crippen molar-refractivity contribution < 1.29 is 9.90 Å². The van der Waals surface area contributed by atoms with Crippen molar-refractivity contribution >= 4 is 17.5 Å². The normalized spacial score (nSPS) is 16.9. The molecule has 1 aliphatic heterocycles. The molecule has 0 radical (unpaired) electrons. The molecule has 0 spiro atoms. The van der Waals surface area contributed by atoms with Gasteiger partial charge >= 0.3 is 0 Å². The first-order valence-corrected chi connectivity index (χ1v) is 7.53. The molecule has 1 fully saturated rings. The number of hydrogen-bond donors (Lipinski definition) is 1. The summed E-state index contributed by atoms with van der Waals surface area (Å²) in [6, 6.07) is 3.40. The molecule has 0 atom stereocenters. The average molecular weight is 297 g/mol. The van der Waals surface area contributed by atoms with Gasteiger partial charge in [-0.1, -0.05) is 38.3 Å². The number of pyridine rings is 1. The minimum Gasteiger partial charge on any atom is -0.386 e. The van der Waals surface area contributed by atoms with E-state index in [1.165, 1.54) is 0 Å². The zero-order chi connectivity index (χ0) is 14.8. The molecule has 1 aromatic heterocycles. The fourth-order valence-electron chi connectivity index (χ4n) is 2.67. The molecule has 1 amide bonds. The van der Waals surface area contributed by atoms with Crippen LogP contribution in [0.3, 0.4) is 0 Å². The van der Waals surface area contributed by atoms with Crippen LogP contribution in [0.25, 0.3) is 0 Å². The molecule has 5 heteroatoms. The van der Waals surface area contributed by atoms with Crippen molar-refractivity contribution in [1.82, 2.24) is 9.88 Å². The third-order valence-corrected chi connectivity index (χ3v) is 3.77. The fourth-order valence-corrected chi connectivity index (χ4v) is 2.90. The summed E-state index contributed by atoms with van der Waals surface area (Å²) in [5.74, 6) is -0.0765. The van der Waals surface area contributed by atoms with E-state index in [1.54, 1.807) is 17.0 Å². The molecule has 0 aliphatic carbocycles. The van der Waals surface area contributed by atoms with Gasteiger partial charge in [-0.25, -0.2) is 4.98 Å². The SMILES string of the molecule is CCCc1cc(C(=O)N2CC(O)(CCC)C2)cc(Cl)n1. The Hall–Kier alpha value is -1.13. The van der Waals surface area contributed by atoms with Crippen molar-refractivity contribution in [2.75, 3.05) is 13.1 Å². The number of rotatable bonds is 5. The van der Waals surface area contributed by atoms with Gasteiger partial charge < -0.3 is 10.0 Å². The molecule has 20 heavy (non-hydrogen) atoms. The second-order valence-corrected chi connectivity index (χ2v) is 5.94. The van der Waals surface area contributed by atoms with Crippen LogP contribution >= 0.6 is 11.6 Å². The molecule has 1 aliphatic rings. The average Bonchev–Trinajstić information content (AvgIpc) is 2.35. The second kappa shape index (κ2) is 6.10. The predicted molar refractivity (Wildman–Crippen MR) is 79.0 cm³/mol. The first kappa shape index (κ1) is 15.3. The van der Waals surface area contributed by atoms with Gasteiger partial charge in [0.1, 0.15) is 5.15 Å². The van der Waals surface area contributed by atoms with Gasteiger partial charge in [-0.2, -0.15) is 0 Å². The highest BCUT2D eigenvalue weighted by atomic mass is 35.5. The molecule has 4 nitrogen and oxygen atoms in total. The van der Waals surface area contributed by atoms with Crippen molar-refractivity contribution in [2.45, 2.75) is 45.1 Å². The maximum atomic E-state index is 12.4. The third-order valence-electron chi connectivity index (χ3n) is 3.57. The molecule has 0 unspecified atom stereocenters. The number of amides is 1. The Morgan fingerprint density at radius 2 is 2.10 bits per heavy atom. The molecule has 1 saturated heterocycles. The van der Waals surface area contributed by atoms with E-state index in [9.17, 15) is 9.90 Å². The van der Waals surface area contributed by atoms with Crippen LogP contribution < -0.4 is 0 Å². The summed E-state index contributed by atoms with van der Waals surface area (Å²) in [6.45, 7) is 4.90. The van der Waals surface area contributed by atoms with E-state index in [0.29, 0.717) is 23.8 Å². The minimum absolute atomic E-state index is 0.0765. The van der Waals surface area contributed by atoms with Gasteiger partial charge in [0, 0.05) is 11.3 Å². The Balaban J connectivity index is 2.07. The van der Waals surface area contributed by atoms with Crippen LogP contribution in [0.2, 0.25) is 5.15 Å². The molecule has 0 bridgehead atoms. The van der Waals surface area contributed by atoms with Crippen molar-refractivity contribution in [3.05, 3.63) is 28.5 Å². The Morgan fingerprint density at radius 1 is 1.40 bits per heavy atom. The maximum absolute atomic E-state index is 12.4. The van der Waals surface area contributed by atoms with Gasteiger partial charge in [-0.15, -0.1) is 0 Å². The summed E-state index contributed by atoms with van der Waals surface area (Å²) >= 11 is 5.97. The lowest BCUT2D eigenvalue weighted by Gasteiger charge is -2.46. The summed E-state index contributed by atoms with van der Waals surface area (Å²) in [6.07, 6.45) is 3.41. The molecule has 1 aromatic rings. The van der Waals surface area contributed by atoms with Gasteiger partial charge in [-0.3, -0.25) is 4.79 Å². The van der Waals surface area contributed by atoms with Gasteiger partial charge in [0.2, 0.25) is 0 Å². The molecule has 110 valence electrons. The topological polar surface area (TPSA) is 53.4 Å². The van der Waals surface area contributed by atoms with Crippen LogP contribution in [0.15, 0.2) is 12.1 Å². The molecular formula is C15H21ClN2O2. The summed E-state index contributed by atoms with van der Waals surface area (Å²) in [7, 11) is 0. The van der Waals surface area contributed by atoms with E-state index in [1.807, 2.05) is 6.92 Å². The third kappa shape index (κ3) is 3.30. The number of aliphatic hydroxyl groups is 1. The van der Waals surface area contributed by atoms with Crippen LogP contribution in [0.1, 0.15) is 49.2 Å². The Morgan fingerprint density at radius 3 is 2.70 bits per heavy atom. The lowest BCUT2D eigenvalue weighted by molar-refractivity contribution is -0.0860. The van der Waals surface area contributed by atoms with E-state index in [2.05, 4.69) is 11.9 Å². The first-order valence-electron chi connectivity index (χ1n) is 7.15. The predicted octanol–water partition coefficient (Wildman–Crippen LogP) is 2.67. The summed E-state index contributed by atoms with van der Waals surface area (Å²) in [4.78, 5) is 18.2. The highest BCUT2D eigenvalue weighted by Gasteiger charge is 2.42. The maximum Gasteiger partial charge on any atom is 0.254 e. The second-order valence-electron chi connectivity index (χ2n) is 5.56. The number of likely N-dealkylation sites (tertiary alicyclic amines) is 1. The lowest BCUT2D eigenvalue weighted by atomic mass is 9.89. The quantitative estimate of drug-likeness (QED) is 0.850. The Kier molecular flexibility index (Phi) is 4.66. The smallest absolute Gasteiger partial charge is 0.254 e. The van der Waals surface area contributed by atoms with Crippen molar-refractivity contribution in [3.8, 4) is 0 Å². The van der Waals surface area contributed by atoms with E-state index < -0.39 is 5.60 Å². The highest BCUT2D eigenvalue weighted by molar-refractivity contribution is 6.29. The van der Waals surface area contributed by atoms with Gasteiger partial charge in [0.25, 0.3) is 5.91 Å². The van der Waals surface area contributed by atoms with E-state index in [4.69, 9.17) is 11.6 Å².